The first-order valence-corrected chi connectivity index (χ1v) is 5.53. The van der Waals surface area contributed by atoms with E-state index >= 15 is 0 Å². The number of carbonyl (C=O) groups is 1. The Morgan fingerprint density at radius 3 is 2.53 bits per heavy atom. The maximum atomic E-state index is 11.4. The molecule has 15 heavy (non-hydrogen) atoms. The number of hydrogen-bond donors (Lipinski definition) is 2. The van der Waals surface area contributed by atoms with Crippen LogP contribution in [0.3, 0.4) is 0 Å². The van der Waals surface area contributed by atoms with E-state index < -0.39 is 5.60 Å². The summed E-state index contributed by atoms with van der Waals surface area (Å²) < 4.78 is 5.16. The summed E-state index contributed by atoms with van der Waals surface area (Å²) in [6.07, 6.45) is 2.49. The van der Waals surface area contributed by atoms with E-state index in [1.165, 1.54) is 0 Å². The number of ether oxygens (including phenoxy) is 1. The van der Waals surface area contributed by atoms with Crippen LogP contribution in [0.15, 0.2) is 0 Å². The van der Waals surface area contributed by atoms with Gasteiger partial charge in [0.15, 0.2) is 0 Å². The molecule has 0 radical (unpaired) electrons. The van der Waals surface area contributed by atoms with Crippen LogP contribution < -0.4 is 5.32 Å². The summed E-state index contributed by atoms with van der Waals surface area (Å²) in [6, 6.07) is 0.187. The molecule has 2 atom stereocenters. The van der Waals surface area contributed by atoms with Crippen molar-refractivity contribution in [2.45, 2.75) is 51.7 Å². The Balaban J connectivity index is 2.27. The van der Waals surface area contributed by atoms with Crippen LogP contribution in [-0.4, -0.2) is 29.4 Å². The quantitative estimate of drug-likeness (QED) is 0.753. The van der Waals surface area contributed by atoms with Crippen LogP contribution in [0.2, 0.25) is 0 Å². The molecule has 0 aromatic rings. The maximum absolute atomic E-state index is 11.4. The Morgan fingerprint density at radius 1 is 1.47 bits per heavy atom. The molecule has 1 aliphatic rings. The molecule has 0 aliphatic heterocycles. The van der Waals surface area contributed by atoms with Crippen molar-refractivity contribution in [2.24, 2.45) is 5.92 Å². The third-order valence-electron chi connectivity index (χ3n) is 2.62. The lowest BCUT2D eigenvalue weighted by Gasteiger charge is -2.37. The summed E-state index contributed by atoms with van der Waals surface area (Å²) in [5, 5.41) is 11.6. The van der Waals surface area contributed by atoms with Crippen molar-refractivity contribution < 1.29 is 14.6 Å². The molecule has 88 valence electrons. The van der Waals surface area contributed by atoms with Gasteiger partial charge in [0.05, 0.1) is 0 Å². The molecule has 0 aromatic carbocycles. The fraction of sp³-hybridized carbons (Fsp3) is 0.909. The van der Waals surface area contributed by atoms with Crippen molar-refractivity contribution >= 4 is 6.09 Å². The highest BCUT2D eigenvalue weighted by Crippen LogP contribution is 2.30. The second-order valence-electron chi connectivity index (χ2n) is 5.10. The average molecular weight is 215 g/mol. The summed E-state index contributed by atoms with van der Waals surface area (Å²) in [6.45, 7) is 5.73. The Labute approximate surface area is 91.0 Å². The molecule has 4 nitrogen and oxygen atoms in total. The molecule has 0 bridgehead atoms. The van der Waals surface area contributed by atoms with Crippen molar-refractivity contribution in [1.82, 2.24) is 5.32 Å². The Bertz CT molecular complexity index is 222. The van der Waals surface area contributed by atoms with Gasteiger partial charge in [0, 0.05) is 12.6 Å². The van der Waals surface area contributed by atoms with E-state index in [0.29, 0.717) is 5.92 Å². The first-order valence-electron chi connectivity index (χ1n) is 5.53. The average Bonchev–Trinajstić information content (AvgIpc) is 2.06. The highest BCUT2D eigenvalue weighted by atomic mass is 16.6. The van der Waals surface area contributed by atoms with Crippen LogP contribution in [0, 0.1) is 5.92 Å². The van der Waals surface area contributed by atoms with Crippen molar-refractivity contribution in [3.05, 3.63) is 0 Å². The first kappa shape index (κ1) is 12.3. The van der Waals surface area contributed by atoms with Gasteiger partial charge in [0.2, 0.25) is 0 Å². The van der Waals surface area contributed by atoms with E-state index in [1.54, 1.807) is 0 Å². The molecule has 4 heteroatoms. The van der Waals surface area contributed by atoms with E-state index in [0.717, 1.165) is 19.3 Å². The Hall–Kier alpha value is -0.770. The Kier molecular flexibility index (Phi) is 3.97. The SMILES string of the molecule is CC(C)(C)OC(=O)N[C@H]1CC[C@@H]1CCO. The number of carbonyl (C=O) groups excluding carboxylic acids is 1. The Morgan fingerprint density at radius 2 is 2.13 bits per heavy atom. The lowest BCUT2D eigenvalue weighted by Crippen LogP contribution is -2.48. The van der Waals surface area contributed by atoms with Gasteiger partial charge in [-0.1, -0.05) is 0 Å². The number of rotatable bonds is 3. The minimum Gasteiger partial charge on any atom is -0.444 e. The minimum absolute atomic E-state index is 0.187. The lowest BCUT2D eigenvalue weighted by atomic mass is 9.78. The lowest BCUT2D eigenvalue weighted by molar-refractivity contribution is 0.0419. The second kappa shape index (κ2) is 4.84. The molecule has 2 N–H and O–H groups in total. The third-order valence-corrected chi connectivity index (χ3v) is 2.62. The van der Waals surface area contributed by atoms with Crippen molar-refractivity contribution in [3.63, 3.8) is 0 Å². The van der Waals surface area contributed by atoms with E-state index in [9.17, 15) is 4.79 Å². The van der Waals surface area contributed by atoms with Gasteiger partial charge in [0.25, 0.3) is 0 Å². The zero-order chi connectivity index (χ0) is 11.5. The fourth-order valence-corrected chi connectivity index (χ4v) is 1.73. The van der Waals surface area contributed by atoms with Crippen LogP contribution >= 0.6 is 0 Å². The molecule has 0 aromatic heterocycles. The van der Waals surface area contributed by atoms with Crippen LogP contribution in [0.1, 0.15) is 40.0 Å². The second-order valence-corrected chi connectivity index (χ2v) is 5.10. The molecule has 1 rings (SSSR count). The van der Waals surface area contributed by atoms with Gasteiger partial charge in [-0.15, -0.1) is 0 Å². The predicted octanol–water partition coefficient (Wildman–Crippen LogP) is 1.67. The molecular formula is C11H21NO3. The van der Waals surface area contributed by atoms with Gasteiger partial charge in [-0.3, -0.25) is 0 Å². The van der Waals surface area contributed by atoms with Gasteiger partial charge in [-0.25, -0.2) is 4.79 Å². The number of aliphatic hydroxyl groups is 1. The number of hydrogen-bond acceptors (Lipinski definition) is 3. The van der Waals surface area contributed by atoms with Crippen LogP contribution in [0.25, 0.3) is 0 Å². The summed E-state index contributed by atoms with van der Waals surface area (Å²) in [5.41, 5.74) is -0.444. The van der Waals surface area contributed by atoms with E-state index in [1.807, 2.05) is 20.8 Å². The molecule has 1 amide bonds. The van der Waals surface area contributed by atoms with E-state index in [2.05, 4.69) is 5.32 Å². The minimum atomic E-state index is -0.444. The van der Waals surface area contributed by atoms with Crippen molar-refractivity contribution in [2.75, 3.05) is 6.61 Å². The zero-order valence-electron chi connectivity index (χ0n) is 9.75. The summed E-state index contributed by atoms with van der Waals surface area (Å²) in [7, 11) is 0. The topological polar surface area (TPSA) is 58.6 Å². The van der Waals surface area contributed by atoms with Crippen LogP contribution in [-0.2, 0) is 4.74 Å². The molecule has 0 saturated heterocycles. The van der Waals surface area contributed by atoms with Gasteiger partial charge in [-0.05, 0) is 46.0 Å². The fourth-order valence-electron chi connectivity index (χ4n) is 1.73. The highest BCUT2D eigenvalue weighted by molar-refractivity contribution is 5.68. The van der Waals surface area contributed by atoms with E-state index in [4.69, 9.17) is 9.84 Å². The largest absolute Gasteiger partial charge is 0.444 e. The molecule has 0 heterocycles. The van der Waals surface area contributed by atoms with Gasteiger partial charge in [-0.2, -0.15) is 0 Å². The molecule has 1 fully saturated rings. The monoisotopic (exact) mass is 215 g/mol. The molecular weight excluding hydrogens is 194 g/mol. The smallest absolute Gasteiger partial charge is 0.407 e. The summed E-state index contributed by atoms with van der Waals surface area (Å²) >= 11 is 0. The van der Waals surface area contributed by atoms with Gasteiger partial charge < -0.3 is 15.2 Å². The third kappa shape index (κ3) is 4.08. The number of amides is 1. The highest BCUT2D eigenvalue weighted by Gasteiger charge is 2.32. The van der Waals surface area contributed by atoms with Crippen molar-refractivity contribution in [1.29, 1.82) is 0 Å². The zero-order valence-corrected chi connectivity index (χ0v) is 9.75. The summed E-state index contributed by atoms with van der Waals surface area (Å²) in [4.78, 5) is 11.4. The predicted molar refractivity (Wildman–Crippen MR) is 57.6 cm³/mol. The molecule has 1 aliphatic carbocycles. The van der Waals surface area contributed by atoms with Crippen LogP contribution in [0.4, 0.5) is 4.79 Å². The first-order chi connectivity index (χ1) is 6.92. The van der Waals surface area contributed by atoms with Gasteiger partial charge >= 0.3 is 6.09 Å². The molecule has 0 spiro atoms. The molecule has 0 unspecified atom stereocenters. The number of aliphatic hydroxyl groups excluding tert-OH is 1. The standard InChI is InChI=1S/C11H21NO3/c1-11(2,3)15-10(14)12-9-5-4-8(9)6-7-13/h8-9,13H,4-7H2,1-3H3,(H,12,14)/t8-,9+/m1/s1. The van der Waals surface area contributed by atoms with Crippen molar-refractivity contribution in [3.8, 4) is 0 Å². The number of alkyl carbamates (subject to hydrolysis) is 1. The van der Waals surface area contributed by atoms with E-state index in [-0.39, 0.29) is 18.7 Å². The molecule has 1 saturated carbocycles. The van der Waals surface area contributed by atoms with Gasteiger partial charge in [0.1, 0.15) is 5.60 Å². The number of nitrogens with one attached hydrogen (secondary N) is 1. The maximum Gasteiger partial charge on any atom is 0.407 e. The van der Waals surface area contributed by atoms with Crippen LogP contribution in [0.5, 0.6) is 0 Å². The summed E-state index contributed by atoms with van der Waals surface area (Å²) in [5.74, 6) is 0.419. The normalized spacial score (nSPS) is 25.6.